The maximum atomic E-state index is 14.3. The van der Waals surface area contributed by atoms with Gasteiger partial charge in [-0.2, -0.15) is 4.31 Å². The van der Waals surface area contributed by atoms with Crippen molar-refractivity contribution >= 4 is 31.6 Å². The number of amides is 1. The molecule has 0 saturated heterocycles. The van der Waals surface area contributed by atoms with Crippen molar-refractivity contribution in [1.29, 1.82) is 0 Å². The number of carbonyl (C=O) groups excluding carboxylic acids is 1. The van der Waals surface area contributed by atoms with Crippen molar-refractivity contribution in [2.75, 3.05) is 32.6 Å². The van der Waals surface area contributed by atoms with E-state index in [1.807, 2.05) is 0 Å². The number of ether oxygens (including phenoxy) is 2. The second-order valence-corrected chi connectivity index (χ2v) is 14.2. The maximum absolute atomic E-state index is 14.3. The Bertz CT molecular complexity index is 1650. The third kappa shape index (κ3) is 8.99. The molecule has 240 valence electrons. The minimum absolute atomic E-state index is 0.0202. The van der Waals surface area contributed by atoms with E-state index >= 15 is 0 Å². The van der Waals surface area contributed by atoms with Gasteiger partial charge >= 0.3 is 0 Å². The second kappa shape index (κ2) is 14.9. The molecule has 0 spiro atoms. The van der Waals surface area contributed by atoms with Crippen LogP contribution in [0.3, 0.4) is 0 Å². The third-order valence-electron chi connectivity index (χ3n) is 6.58. The monoisotopic (exact) mass is 651 g/mol. The molecule has 0 aliphatic heterocycles. The summed E-state index contributed by atoms with van der Waals surface area (Å²) in [5.41, 5.74) is 0.374. The molecule has 3 aromatic carbocycles. The fraction of sp³-hybridized carbons (Fsp3) is 0.367. The number of sulfonamides is 2. The first-order valence-corrected chi connectivity index (χ1v) is 16.6. The van der Waals surface area contributed by atoms with Crippen LogP contribution in [0.5, 0.6) is 11.5 Å². The van der Waals surface area contributed by atoms with Crippen molar-refractivity contribution in [1.82, 2.24) is 9.03 Å². The van der Waals surface area contributed by atoms with Crippen molar-refractivity contribution in [3.63, 3.8) is 0 Å². The number of hydrogen-bond acceptors (Lipinski definition) is 8. The highest BCUT2D eigenvalue weighted by Gasteiger charge is 2.34. The van der Waals surface area contributed by atoms with Crippen molar-refractivity contribution in [3.8, 4) is 11.5 Å². The largest absolute Gasteiger partial charge is 0.497 e. The van der Waals surface area contributed by atoms with Crippen molar-refractivity contribution in [2.45, 2.75) is 49.1 Å². The molecule has 0 radical (unpaired) electrons. The quantitative estimate of drug-likeness (QED) is 0.226. The molecule has 44 heavy (non-hydrogen) atoms. The summed E-state index contributed by atoms with van der Waals surface area (Å²) in [4.78, 5) is 11.0. The zero-order chi connectivity index (χ0) is 32.7. The van der Waals surface area contributed by atoms with Crippen LogP contribution < -0.4 is 19.5 Å². The molecule has 3 aromatic rings. The van der Waals surface area contributed by atoms with Gasteiger partial charge in [0.2, 0.25) is 26.0 Å². The summed E-state index contributed by atoms with van der Waals surface area (Å²) in [5, 5.41) is 13.8. The summed E-state index contributed by atoms with van der Waals surface area (Å²) in [6.45, 7) is 4.18. The fourth-order valence-corrected chi connectivity index (χ4v) is 7.60. The Morgan fingerprint density at radius 2 is 1.64 bits per heavy atom. The van der Waals surface area contributed by atoms with Crippen molar-refractivity contribution in [2.24, 2.45) is 5.92 Å². The van der Waals surface area contributed by atoms with E-state index in [0.29, 0.717) is 5.56 Å². The fourth-order valence-electron chi connectivity index (χ4n) is 4.49. The van der Waals surface area contributed by atoms with Crippen LogP contribution in [0.15, 0.2) is 76.5 Å². The van der Waals surface area contributed by atoms with Crippen LogP contribution in [0.25, 0.3) is 0 Å². The Hall–Kier alpha value is -3.56. The van der Waals surface area contributed by atoms with Gasteiger partial charge < -0.3 is 19.9 Å². The van der Waals surface area contributed by atoms with Gasteiger partial charge in [-0.25, -0.2) is 25.9 Å². The molecule has 0 heterocycles. The standard InChI is InChI=1S/C30H38FN3O8S2/c1-20(2)18-34(44(39,40)24-12-13-25(31)26(17-24)32-21(3)35)19-28(36)27(15-22-9-7-6-8-10-22)33-43(37,38)30-16-23(41-4)11-14-29(30)42-5/h6-14,16-17,20,27-28,33,36H,15,18-19H2,1-5H3,(H,32,35)/t27-,28+/m0/s1. The van der Waals surface area contributed by atoms with E-state index in [9.17, 15) is 31.1 Å². The first kappa shape index (κ1) is 34.9. The molecule has 2 atom stereocenters. The summed E-state index contributed by atoms with van der Waals surface area (Å²) in [6, 6.07) is 14.9. The Morgan fingerprint density at radius 3 is 2.23 bits per heavy atom. The minimum atomic E-state index is -4.35. The number of benzene rings is 3. The number of carbonyl (C=O) groups is 1. The van der Waals surface area contributed by atoms with Gasteiger partial charge in [0.25, 0.3) is 0 Å². The Labute approximate surface area is 258 Å². The Kier molecular flexibility index (Phi) is 11.9. The summed E-state index contributed by atoms with van der Waals surface area (Å²) in [5.74, 6) is -1.30. The first-order valence-electron chi connectivity index (χ1n) is 13.7. The topological polar surface area (TPSA) is 151 Å². The average molecular weight is 652 g/mol. The number of nitrogens with one attached hydrogen (secondary N) is 2. The number of hydrogen-bond donors (Lipinski definition) is 3. The normalized spacial score (nSPS) is 13.5. The number of halogens is 1. The van der Waals surface area contributed by atoms with Gasteiger partial charge in [0.05, 0.1) is 36.9 Å². The summed E-state index contributed by atoms with van der Waals surface area (Å²) in [6.07, 6.45) is -1.52. The average Bonchev–Trinajstić information content (AvgIpc) is 2.97. The van der Waals surface area contributed by atoms with Crippen LogP contribution in [0.1, 0.15) is 26.3 Å². The predicted octanol–water partition coefficient (Wildman–Crippen LogP) is 3.40. The van der Waals surface area contributed by atoms with Crippen LogP contribution in [-0.4, -0.2) is 71.6 Å². The molecule has 3 rings (SSSR count). The minimum Gasteiger partial charge on any atom is -0.497 e. The Morgan fingerprint density at radius 1 is 0.955 bits per heavy atom. The lowest BCUT2D eigenvalue weighted by atomic mass is 10.0. The smallest absolute Gasteiger partial charge is 0.244 e. The zero-order valence-electron chi connectivity index (χ0n) is 25.2. The molecule has 0 aromatic heterocycles. The van der Waals surface area contributed by atoms with E-state index < -0.39 is 50.5 Å². The van der Waals surface area contributed by atoms with Crippen LogP contribution in [0.2, 0.25) is 0 Å². The zero-order valence-corrected chi connectivity index (χ0v) is 26.8. The predicted molar refractivity (Wildman–Crippen MR) is 164 cm³/mol. The first-order chi connectivity index (χ1) is 20.7. The molecule has 0 fully saturated rings. The van der Waals surface area contributed by atoms with Crippen LogP contribution in [0, 0.1) is 11.7 Å². The van der Waals surface area contributed by atoms with Gasteiger partial charge in [-0.3, -0.25) is 4.79 Å². The molecule has 0 saturated carbocycles. The maximum Gasteiger partial charge on any atom is 0.244 e. The van der Waals surface area contributed by atoms with E-state index in [0.717, 1.165) is 29.4 Å². The molecule has 3 N–H and O–H groups in total. The molecule has 11 nitrogen and oxygen atoms in total. The highest BCUT2D eigenvalue weighted by molar-refractivity contribution is 7.89. The molecule has 0 aliphatic rings. The lowest BCUT2D eigenvalue weighted by Gasteiger charge is -2.31. The van der Waals surface area contributed by atoms with E-state index in [1.54, 1.807) is 44.2 Å². The van der Waals surface area contributed by atoms with E-state index in [4.69, 9.17) is 9.47 Å². The van der Waals surface area contributed by atoms with Crippen molar-refractivity contribution in [3.05, 3.63) is 78.1 Å². The number of aliphatic hydroxyl groups excluding tert-OH is 1. The lowest BCUT2D eigenvalue weighted by molar-refractivity contribution is -0.114. The molecular weight excluding hydrogens is 613 g/mol. The summed E-state index contributed by atoms with van der Waals surface area (Å²) >= 11 is 0. The van der Waals surface area contributed by atoms with Gasteiger partial charge in [0, 0.05) is 26.1 Å². The van der Waals surface area contributed by atoms with E-state index in [2.05, 4.69) is 10.0 Å². The molecule has 14 heteroatoms. The highest BCUT2D eigenvalue weighted by atomic mass is 32.2. The van der Waals surface area contributed by atoms with Gasteiger partial charge in [-0.05, 0) is 48.2 Å². The van der Waals surface area contributed by atoms with Gasteiger partial charge in [0.1, 0.15) is 22.2 Å². The summed E-state index contributed by atoms with van der Waals surface area (Å²) < 4.78 is 83.2. The van der Waals surface area contributed by atoms with E-state index in [-0.39, 0.29) is 45.9 Å². The summed E-state index contributed by atoms with van der Waals surface area (Å²) in [7, 11) is -5.98. The van der Waals surface area contributed by atoms with Gasteiger partial charge in [-0.1, -0.05) is 44.2 Å². The molecule has 0 unspecified atom stereocenters. The van der Waals surface area contributed by atoms with Gasteiger partial charge in [0.15, 0.2) is 0 Å². The number of aliphatic hydroxyl groups is 1. The van der Waals surface area contributed by atoms with E-state index in [1.165, 1.54) is 32.4 Å². The number of methoxy groups -OCH3 is 2. The second-order valence-electron chi connectivity index (χ2n) is 10.5. The van der Waals surface area contributed by atoms with Crippen LogP contribution >= 0.6 is 0 Å². The highest BCUT2D eigenvalue weighted by Crippen LogP contribution is 2.29. The lowest BCUT2D eigenvalue weighted by Crippen LogP contribution is -2.51. The van der Waals surface area contributed by atoms with Crippen molar-refractivity contribution < 1.29 is 40.6 Å². The van der Waals surface area contributed by atoms with Crippen LogP contribution in [0.4, 0.5) is 10.1 Å². The third-order valence-corrected chi connectivity index (χ3v) is 9.91. The number of nitrogens with zero attached hydrogens (tertiary/aromatic N) is 1. The SMILES string of the molecule is COc1ccc(OC)c(S(=O)(=O)N[C@@H](Cc2ccccc2)[C@H](O)CN(CC(C)C)S(=O)(=O)c2ccc(F)c(NC(C)=O)c2)c1. The molecule has 1 amide bonds. The van der Waals surface area contributed by atoms with Gasteiger partial charge in [-0.15, -0.1) is 0 Å². The number of anilines is 1. The number of rotatable bonds is 15. The molecular formula is C30H38FN3O8S2. The van der Waals surface area contributed by atoms with Crippen LogP contribution in [-0.2, 0) is 31.3 Å². The molecule has 0 aliphatic carbocycles. The molecule has 0 bridgehead atoms. The Balaban J connectivity index is 2.02.